The lowest BCUT2D eigenvalue weighted by Crippen LogP contribution is -2.04. The van der Waals surface area contributed by atoms with E-state index in [1.165, 1.54) is 6.07 Å². The van der Waals surface area contributed by atoms with E-state index in [1.54, 1.807) is 49.4 Å². The lowest BCUT2D eigenvalue weighted by atomic mass is 9.96. The van der Waals surface area contributed by atoms with E-state index in [4.69, 9.17) is 14.1 Å². The highest BCUT2D eigenvalue weighted by molar-refractivity contribution is 6.19. The number of furan rings is 1. The molecule has 0 unspecified atom stereocenters. The topological polar surface area (TPSA) is 104 Å². The largest absolute Gasteiger partial charge is 0.507 e. The molecule has 0 aliphatic heterocycles. The highest BCUT2D eigenvalue weighted by Gasteiger charge is 2.28. The van der Waals surface area contributed by atoms with Crippen LogP contribution in [0.2, 0.25) is 0 Å². The Morgan fingerprint density at radius 1 is 0.939 bits per heavy atom. The molecule has 0 saturated carbocycles. The molecule has 0 saturated heterocycles. The van der Waals surface area contributed by atoms with Crippen molar-refractivity contribution in [2.75, 3.05) is 0 Å². The van der Waals surface area contributed by atoms with Gasteiger partial charge in [0.05, 0.1) is 22.6 Å². The van der Waals surface area contributed by atoms with E-state index in [9.17, 15) is 14.7 Å². The quantitative estimate of drug-likeness (QED) is 0.291. The van der Waals surface area contributed by atoms with Crippen LogP contribution in [0.1, 0.15) is 32.8 Å². The summed E-state index contributed by atoms with van der Waals surface area (Å²) < 4.78 is 11.6. The molecule has 0 bridgehead atoms. The summed E-state index contributed by atoms with van der Waals surface area (Å²) in [6.45, 7) is 3.71. The minimum atomic E-state index is -0.642. The summed E-state index contributed by atoms with van der Waals surface area (Å²) in [5.41, 5.74) is 2.93. The van der Waals surface area contributed by atoms with Crippen molar-refractivity contribution in [2.45, 2.75) is 13.8 Å². The van der Waals surface area contributed by atoms with Crippen molar-refractivity contribution in [1.82, 2.24) is 0 Å². The van der Waals surface area contributed by atoms with Crippen LogP contribution in [0.4, 0.5) is 0 Å². The number of nitriles is 1. The molecule has 0 amide bonds. The van der Waals surface area contributed by atoms with Crippen LogP contribution in [0.3, 0.4) is 0 Å². The van der Waals surface area contributed by atoms with Crippen LogP contribution in [0.25, 0.3) is 33.1 Å². The number of phenolic OH excluding ortho intramolecular Hbond substituents is 1. The average molecular weight is 435 g/mol. The van der Waals surface area contributed by atoms with Gasteiger partial charge in [0.2, 0.25) is 5.78 Å². The highest BCUT2D eigenvalue weighted by atomic mass is 16.4. The summed E-state index contributed by atoms with van der Waals surface area (Å²) in [4.78, 5) is 26.6. The number of aryl methyl sites for hydroxylation is 2. The van der Waals surface area contributed by atoms with Gasteiger partial charge in [-0.1, -0.05) is 35.4 Å². The fourth-order valence-corrected chi connectivity index (χ4v) is 3.98. The second-order valence-corrected chi connectivity index (χ2v) is 7.94. The van der Waals surface area contributed by atoms with Crippen molar-refractivity contribution in [3.8, 4) is 22.9 Å². The molecule has 0 aliphatic carbocycles. The molecule has 2 heterocycles. The molecule has 0 radical (unpaired) electrons. The molecule has 0 aliphatic rings. The second-order valence-electron chi connectivity index (χ2n) is 7.94. The molecule has 2 aromatic heterocycles. The first-order chi connectivity index (χ1) is 15.9. The van der Waals surface area contributed by atoms with Crippen LogP contribution in [0.5, 0.6) is 5.75 Å². The second kappa shape index (κ2) is 7.50. The average Bonchev–Trinajstić information content (AvgIpc) is 3.22. The molecule has 33 heavy (non-hydrogen) atoms. The van der Waals surface area contributed by atoms with Crippen molar-refractivity contribution in [3.63, 3.8) is 0 Å². The molecule has 0 fully saturated rings. The fourth-order valence-electron chi connectivity index (χ4n) is 3.98. The number of fused-ring (bicyclic) bond motifs is 3. The van der Waals surface area contributed by atoms with Gasteiger partial charge in [-0.15, -0.1) is 0 Å². The Bertz CT molecular complexity index is 1680. The minimum Gasteiger partial charge on any atom is -0.507 e. The monoisotopic (exact) mass is 435 g/mol. The molecule has 5 rings (SSSR count). The summed E-state index contributed by atoms with van der Waals surface area (Å²) in [7, 11) is 0. The van der Waals surface area contributed by atoms with Gasteiger partial charge in [-0.2, -0.15) is 5.26 Å². The maximum absolute atomic E-state index is 13.6. The highest BCUT2D eigenvalue weighted by Crippen LogP contribution is 2.38. The number of aromatic hydroxyl groups is 1. The van der Waals surface area contributed by atoms with E-state index in [-0.39, 0.29) is 33.6 Å². The maximum Gasteiger partial charge on any atom is 0.348 e. The van der Waals surface area contributed by atoms with Crippen molar-refractivity contribution >= 4 is 27.7 Å². The summed E-state index contributed by atoms with van der Waals surface area (Å²) in [5, 5.41) is 20.2. The zero-order valence-corrected chi connectivity index (χ0v) is 17.8. The van der Waals surface area contributed by atoms with Crippen LogP contribution in [-0.2, 0) is 0 Å². The van der Waals surface area contributed by atoms with Crippen molar-refractivity contribution < 1.29 is 18.7 Å². The Morgan fingerprint density at radius 2 is 1.64 bits per heavy atom. The predicted molar refractivity (Wildman–Crippen MR) is 123 cm³/mol. The SMILES string of the molecule is Cc1ccc(O)c(C(=O)c2oc3c(c2-c2ccc(C#N)cc2)c(=O)oc2ccc(C)cc23)c1. The van der Waals surface area contributed by atoms with Crippen molar-refractivity contribution in [3.05, 3.63) is 99.1 Å². The predicted octanol–water partition coefficient (Wildman–Crippen LogP) is 5.63. The van der Waals surface area contributed by atoms with Crippen LogP contribution in [0, 0.1) is 25.2 Å². The standard InChI is InChI=1S/C27H17NO5/c1-14-3-9-20(29)18(11-14)24(30)26-22(17-7-5-16(13-28)6-8-17)23-25(33-26)19-12-15(2)4-10-21(19)32-27(23)31/h3-12,29H,1-2H3. The van der Waals surface area contributed by atoms with E-state index in [0.29, 0.717) is 22.1 Å². The molecule has 0 atom stereocenters. The van der Waals surface area contributed by atoms with Gasteiger partial charge in [-0.05, 0) is 55.8 Å². The lowest BCUT2D eigenvalue weighted by Gasteiger charge is -2.06. The lowest BCUT2D eigenvalue weighted by molar-refractivity contribution is 0.101. The number of phenols is 1. The Morgan fingerprint density at radius 3 is 2.36 bits per heavy atom. The summed E-state index contributed by atoms with van der Waals surface area (Å²) >= 11 is 0. The van der Waals surface area contributed by atoms with Gasteiger partial charge in [-0.3, -0.25) is 4.79 Å². The number of hydrogen-bond donors (Lipinski definition) is 1. The molecular weight excluding hydrogens is 418 g/mol. The number of rotatable bonds is 3. The van der Waals surface area contributed by atoms with E-state index < -0.39 is 11.4 Å². The summed E-state index contributed by atoms with van der Waals surface area (Å²) in [6, 6.07) is 18.6. The number of hydrogen-bond acceptors (Lipinski definition) is 6. The van der Waals surface area contributed by atoms with Crippen LogP contribution >= 0.6 is 0 Å². The maximum atomic E-state index is 13.6. The van der Waals surface area contributed by atoms with Gasteiger partial charge in [0.15, 0.2) is 11.3 Å². The Labute approximate surface area is 187 Å². The number of carbonyl (C=O) groups excluding carboxylic acids is 1. The molecule has 5 aromatic rings. The van der Waals surface area contributed by atoms with E-state index in [2.05, 4.69) is 6.07 Å². The van der Waals surface area contributed by atoms with Crippen LogP contribution < -0.4 is 5.63 Å². The van der Waals surface area contributed by atoms with Gasteiger partial charge in [0.25, 0.3) is 0 Å². The third-order valence-electron chi connectivity index (χ3n) is 5.60. The first-order valence-electron chi connectivity index (χ1n) is 10.2. The van der Waals surface area contributed by atoms with Crippen molar-refractivity contribution in [1.29, 1.82) is 5.26 Å². The molecule has 1 N–H and O–H groups in total. The van der Waals surface area contributed by atoms with Crippen LogP contribution in [0.15, 0.2) is 74.3 Å². The molecule has 6 heteroatoms. The number of nitrogens with zero attached hydrogens (tertiary/aromatic N) is 1. The van der Waals surface area contributed by atoms with Gasteiger partial charge < -0.3 is 13.9 Å². The van der Waals surface area contributed by atoms with E-state index in [1.807, 2.05) is 19.1 Å². The summed E-state index contributed by atoms with van der Waals surface area (Å²) in [5.74, 6) is -0.839. The van der Waals surface area contributed by atoms with Gasteiger partial charge in [0, 0.05) is 5.56 Å². The smallest absolute Gasteiger partial charge is 0.348 e. The first-order valence-corrected chi connectivity index (χ1v) is 10.2. The van der Waals surface area contributed by atoms with E-state index in [0.717, 1.165) is 11.1 Å². The Hall–Kier alpha value is -4.63. The zero-order valence-electron chi connectivity index (χ0n) is 17.8. The Balaban J connectivity index is 1.90. The van der Waals surface area contributed by atoms with Crippen LogP contribution in [-0.4, -0.2) is 10.9 Å². The molecule has 6 nitrogen and oxygen atoms in total. The van der Waals surface area contributed by atoms with Gasteiger partial charge in [0.1, 0.15) is 16.7 Å². The fraction of sp³-hybridized carbons (Fsp3) is 0.0741. The van der Waals surface area contributed by atoms with Gasteiger partial charge in [-0.25, -0.2) is 4.79 Å². The first kappa shape index (κ1) is 20.3. The zero-order chi connectivity index (χ0) is 23.3. The molecule has 160 valence electrons. The third kappa shape index (κ3) is 3.27. The third-order valence-corrected chi connectivity index (χ3v) is 5.60. The molecular formula is C27H17NO5. The molecule has 3 aromatic carbocycles. The minimum absolute atomic E-state index is 0.0637. The van der Waals surface area contributed by atoms with Crippen molar-refractivity contribution in [2.24, 2.45) is 0 Å². The van der Waals surface area contributed by atoms with Gasteiger partial charge >= 0.3 is 5.63 Å². The Kier molecular flexibility index (Phi) is 4.61. The van der Waals surface area contributed by atoms with E-state index >= 15 is 0 Å². The number of carbonyl (C=O) groups is 1. The number of ketones is 1. The molecule has 0 spiro atoms. The normalized spacial score (nSPS) is 11.1. The number of benzene rings is 3. The summed E-state index contributed by atoms with van der Waals surface area (Å²) in [6.07, 6.45) is 0.